The second-order valence-electron chi connectivity index (χ2n) is 7.99. The minimum atomic E-state index is -0.552. The molecule has 0 aliphatic heterocycles. The lowest BCUT2D eigenvalue weighted by molar-refractivity contribution is -0.122. The zero-order valence-corrected chi connectivity index (χ0v) is 17.4. The number of carbonyl (C=O) groups excluding carboxylic acids is 2. The van der Waals surface area contributed by atoms with Crippen molar-refractivity contribution < 1.29 is 14.1 Å². The maximum absolute atomic E-state index is 12.0. The van der Waals surface area contributed by atoms with Gasteiger partial charge >= 0.3 is 0 Å². The topological polar surface area (TPSA) is 123 Å². The van der Waals surface area contributed by atoms with Gasteiger partial charge in [0, 0.05) is 32.4 Å². The molecule has 8 nitrogen and oxygen atoms in total. The number of hydrogen-bond acceptors (Lipinski definition) is 6. The van der Waals surface area contributed by atoms with E-state index in [9.17, 15) is 9.59 Å². The fraction of sp³-hybridized carbons (Fsp3) is 0.789. The third-order valence-corrected chi connectivity index (χ3v) is 5.60. The van der Waals surface area contributed by atoms with Crippen LogP contribution in [0.3, 0.4) is 0 Å². The molecule has 0 aromatic carbocycles. The molecule has 4 N–H and O–H groups in total. The average Bonchev–Trinajstić information content (AvgIpc) is 3.41. The highest BCUT2D eigenvalue weighted by molar-refractivity contribution is 5.85. The second-order valence-corrected chi connectivity index (χ2v) is 7.99. The summed E-state index contributed by atoms with van der Waals surface area (Å²) < 4.78 is 5.37. The Hall–Kier alpha value is -1.67. The minimum absolute atomic E-state index is 0. The van der Waals surface area contributed by atoms with Gasteiger partial charge in [-0.05, 0) is 31.6 Å². The maximum Gasteiger partial charge on any atom is 0.227 e. The van der Waals surface area contributed by atoms with Gasteiger partial charge in [-0.25, -0.2) is 0 Å². The van der Waals surface area contributed by atoms with Gasteiger partial charge in [-0.2, -0.15) is 4.98 Å². The lowest BCUT2D eigenvalue weighted by Crippen LogP contribution is -2.45. The Bertz CT molecular complexity index is 654. The number of halogens is 1. The van der Waals surface area contributed by atoms with E-state index in [0.29, 0.717) is 30.6 Å². The zero-order chi connectivity index (χ0) is 19.3. The zero-order valence-electron chi connectivity index (χ0n) is 16.5. The van der Waals surface area contributed by atoms with Crippen LogP contribution in [0.15, 0.2) is 4.52 Å². The summed E-state index contributed by atoms with van der Waals surface area (Å²) in [6.45, 7) is 2.04. The van der Waals surface area contributed by atoms with Gasteiger partial charge in [0.05, 0.1) is 0 Å². The van der Waals surface area contributed by atoms with E-state index in [1.807, 2.05) is 0 Å². The molecule has 2 aliphatic rings. The maximum atomic E-state index is 12.0. The van der Waals surface area contributed by atoms with Gasteiger partial charge in [-0.3, -0.25) is 9.59 Å². The Morgan fingerprint density at radius 3 is 2.54 bits per heavy atom. The summed E-state index contributed by atoms with van der Waals surface area (Å²) in [4.78, 5) is 28.3. The van der Waals surface area contributed by atoms with E-state index in [1.54, 1.807) is 0 Å². The van der Waals surface area contributed by atoms with E-state index >= 15 is 0 Å². The van der Waals surface area contributed by atoms with Crippen LogP contribution in [-0.4, -0.2) is 34.5 Å². The van der Waals surface area contributed by atoms with Crippen LogP contribution in [-0.2, 0) is 21.5 Å². The fourth-order valence-corrected chi connectivity index (χ4v) is 3.86. The molecule has 2 amide bonds. The average molecular weight is 414 g/mol. The largest absolute Gasteiger partial charge is 0.355 e. The molecule has 28 heavy (non-hydrogen) atoms. The number of amides is 2. The third kappa shape index (κ3) is 6.17. The molecular formula is C19H32ClN5O3. The summed E-state index contributed by atoms with van der Waals surface area (Å²) in [5.74, 6) is 1.38. The van der Waals surface area contributed by atoms with Gasteiger partial charge in [0.2, 0.25) is 17.7 Å². The van der Waals surface area contributed by atoms with Crippen LogP contribution in [0.4, 0.5) is 0 Å². The predicted molar refractivity (Wildman–Crippen MR) is 107 cm³/mol. The molecule has 0 spiro atoms. The lowest BCUT2D eigenvalue weighted by Gasteiger charge is -2.30. The van der Waals surface area contributed by atoms with Crippen molar-refractivity contribution in [2.75, 3.05) is 6.54 Å². The normalized spacial score (nSPS) is 19.8. The van der Waals surface area contributed by atoms with Crippen molar-refractivity contribution in [1.29, 1.82) is 0 Å². The molecule has 2 aliphatic carbocycles. The molecule has 1 heterocycles. The number of hydrogen-bond donors (Lipinski definition) is 3. The van der Waals surface area contributed by atoms with Crippen molar-refractivity contribution in [2.45, 2.75) is 82.7 Å². The van der Waals surface area contributed by atoms with Gasteiger partial charge in [0.25, 0.3) is 0 Å². The van der Waals surface area contributed by atoms with Gasteiger partial charge in [-0.1, -0.05) is 30.8 Å². The minimum Gasteiger partial charge on any atom is -0.355 e. The van der Waals surface area contributed by atoms with E-state index in [0.717, 1.165) is 51.4 Å². The Labute approximate surface area is 172 Å². The SMILES string of the molecule is CC(=O)NC1(c2noc(CCC(=O)NCC(N)C3CC3)n2)CCCCCC1.Cl. The number of carbonyl (C=O) groups is 2. The highest BCUT2D eigenvalue weighted by Crippen LogP contribution is 2.34. The molecule has 9 heteroatoms. The van der Waals surface area contributed by atoms with Gasteiger partial charge < -0.3 is 20.9 Å². The molecule has 2 saturated carbocycles. The van der Waals surface area contributed by atoms with Crippen molar-refractivity contribution in [3.8, 4) is 0 Å². The number of nitrogens with two attached hydrogens (primary N) is 1. The summed E-state index contributed by atoms with van der Waals surface area (Å²) in [6.07, 6.45) is 8.96. The monoisotopic (exact) mass is 413 g/mol. The first-order chi connectivity index (χ1) is 13.0. The van der Waals surface area contributed by atoms with E-state index < -0.39 is 5.54 Å². The first-order valence-electron chi connectivity index (χ1n) is 10.1. The van der Waals surface area contributed by atoms with Crippen LogP contribution in [0.1, 0.15) is 76.4 Å². The molecule has 1 aromatic heterocycles. The van der Waals surface area contributed by atoms with Crippen LogP contribution in [0.25, 0.3) is 0 Å². The molecule has 158 valence electrons. The quantitative estimate of drug-likeness (QED) is 0.560. The lowest BCUT2D eigenvalue weighted by atomic mass is 9.89. The number of nitrogens with zero attached hydrogens (tertiary/aromatic N) is 2. The molecule has 1 unspecified atom stereocenters. The molecule has 1 aromatic rings. The Morgan fingerprint density at radius 2 is 1.93 bits per heavy atom. The van der Waals surface area contributed by atoms with Crippen molar-refractivity contribution in [3.05, 3.63) is 11.7 Å². The fourth-order valence-electron chi connectivity index (χ4n) is 3.86. The number of aromatic nitrogens is 2. The number of nitrogens with one attached hydrogen (secondary N) is 2. The van der Waals surface area contributed by atoms with E-state index in [-0.39, 0.29) is 36.7 Å². The Kier molecular flexibility index (Phi) is 8.24. The van der Waals surface area contributed by atoms with Crippen LogP contribution in [0, 0.1) is 5.92 Å². The number of rotatable bonds is 8. The Balaban J connectivity index is 0.00000280. The van der Waals surface area contributed by atoms with Crippen molar-refractivity contribution in [1.82, 2.24) is 20.8 Å². The van der Waals surface area contributed by atoms with E-state index in [1.165, 1.54) is 6.92 Å². The van der Waals surface area contributed by atoms with Crippen LogP contribution >= 0.6 is 12.4 Å². The highest BCUT2D eigenvalue weighted by atomic mass is 35.5. The molecule has 3 rings (SSSR count). The van der Waals surface area contributed by atoms with Crippen molar-refractivity contribution >= 4 is 24.2 Å². The standard InChI is InChI=1S/C19H31N5O3.ClH/c1-13(25)23-19(10-4-2-3-5-11-19)18-22-17(27-24-18)9-8-16(26)21-12-15(20)14-6-7-14;/h14-15H,2-12,20H2,1H3,(H,21,26)(H,23,25);1H. The predicted octanol–water partition coefficient (Wildman–Crippen LogP) is 1.96. The van der Waals surface area contributed by atoms with Crippen LogP contribution in [0.5, 0.6) is 0 Å². The van der Waals surface area contributed by atoms with Crippen molar-refractivity contribution in [2.24, 2.45) is 11.7 Å². The highest BCUT2D eigenvalue weighted by Gasteiger charge is 2.38. The molecule has 2 fully saturated rings. The third-order valence-electron chi connectivity index (χ3n) is 5.60. The molecule has 0 bridgehead atoms. The van der Waals surface area contributed by atoms with E-state index in [2.05, 4.69) is 20.8 Å². The summed E-state index contributed by atoms with van der Waals surface area (Å²) >= 11 is 0. The summed E-state index contributed by atoms with van der Waals surface area (Å²) in [5, 5.41) is 10.1. The van der Waals surface area contributed by atoms with Crippen LogP contribution in [0.2, 0.25) is 0 Å². The van der Waals surface area contributed by atoms with Gasteiger partial charge in [0.1, 0.15) is 5.54 Å². The first-order valence-corrected chi connectivity index (χ1v) is 10.1. The van der Waals surface area contributed by atoms with E-state index in [4.69, 9.17) is 10.3 Å². The summed E-state index contributed by atoms with van der Waals surface area (Å²) in [6, 6.07) is 0.0525. The van der Waals surface area contributed by atoms with Gasteiger partial charge in [0.15, 0.2) is 5.82 Å². The van der Waals surface area contributed by atoms with Crippen molar-refractivity contribution in [3.63, 3.8) is 0 Å². The smallest absolute Gasteiger partial charge is 0.227 e. The molecule has 0 saturated heterocycles. The Morgan fingerprint density at radius 1 is 1.25 bits per heavy atom. The molecular weight excluding hydrogens is 382 g/mol. The van der Waals surface area contributed by atoms with Gasteiger partial charge in [-0.15, -0.1) is 12.4 Å². The summed E-state index contributed by atoms with van der Waals surface area (Å²) in [5.41, 5.74) is 5.45. The summed E-state index contributed by atoms with van der Waals surface area (Å²) in [7, 11) is 0. The first kappa shape index (κ1) is 22.6. The molecule has 0 radical (unpaired) electrons. The number of aryl methyl sites for hydroxylation is 1. The second kappa shape index (κ2) is 10.2. The molecule has 1 atom stereocenters. The van der Waals surface area contributed by atoms with Crippen LogP contribution < -0.4 is 16.4 Å².